The van der Waals surface area contributed by atoms with Crippen LogP contribution in [0.3, 0.4) is 0 Å². The smallest absolute Gasteiger partial charge is 0.303 e. The van der Waals surface area contributed by atoms with Crippen LogP contribution < -0.4 is 9.47 Å². The Morgan fingerprint density at radius 3 is 1.85 bits per heavy atom. The van der Waals surface area contributed by atoms with E-state index < -0.39 is 48.4 Å². The summed E-state index contributed by atoms with van der Waals surface area (Å²) in [5, 5.41) is 0. The Kier molecular flexibility index (Phi) is 9.92. The predicted octanol–water partition coefficient (Wildman–Crippen LogP) is 5.20. The van der Waals surface area contributed by atoms with Crippen LogP contribution in [0, 0.1) is 0 Å². The summed E-state index contributed by atoms with van der Waals surface area (Å²) >= 11 is 0. The molecule has 10 heteroatoms. The van der Waals surface area contributed by atoms with Gasteiger partial charge in [-0.25, -0.2) is 0 Å². The number of benzene rings is 4. The quantitative estimate of drug-likeness (QED) is 0.153. The summed E-state index contributed by atoms with van der Waals surface area (Å²) in [6.07, 6.45) is -4.26. The predicted molar refractivity (Wildman–Crippen MR) is 170 cm³/mol. The zero-order chi connectivity index (χ0) is 32.8. The van der Waals surface area contributed by atoms with Crippen LogP contribution in [0.25, 0.3) is 0 Å². The molecule has 242 valence electrons. The van der Waals surface area contributed by atoms with Crippen LogP contribution in [0.15, 0.2) is 109 Å². The van der Waals surface area contributed by atoms with Crippen LogP contribution in [-0.4, -0.2) is 67.0 Å². The lowest BCUT2D eigenvalue weighted by Crippen LogP contribution is -2.68. The van der Waals surface area contributed by atoms with Crippen molar-refractivity contribution in [3.05, 3.63) is 131 Å². The van der Waals surface area contributed by atoms with Gasteiger partial charge >= 0.3 is 5.97 Å². The number of nitrogens with zero attached hydrogens (tertiary/aromatic N) is 1. The highest BCUT2D eigenvalue weighted by Gasteiger charge is 2.56. The molecule has 1 saturated heterocycles. The van der Waals surface area contributed by atoms with Crippen LogP contribution in [0.2, 0.25) is 0 Å². The van der Waals surface area contributed by atoms with Crippen molar-refractivity contribution < 1.29 is 42.8 Å². The summed E-state index contributed by atoms with van der Waals surface area (Å²) in [4.78, 5) is 41.6. The van der Waals surface area contributed by atoms with Crippen molar-refractivity contribution in [3.63, 3.8) is 0 Å². The summed E-state index contributed by atoms with van der Waals surface area (Å²) in [6, 6.07) is 31.3. The number of amides is 2. The minimum absolute atomic E-state index is 0.00461. The molecule has 2 amide bonds. The molecule has 0 aromatic heterocycles. The Bertz CT molecular complexity index is 1640. The molecule has 4 aromatic rings. The molecule has 1 fully saturated rings. The van der Waals surface area contributed by atoms with Gasteiger partial charge in [0, 0.05) is 6.92 Å². The summed E-state index contributed by atoms with van der Waals surface area (Å²) in [6.45, 7) is 1.65. The number of imide groups is 1. The Morgan fingerprint density at radius 1 is 0.723 bits per heavy atom. The first-order valence-electron chi connectivity index (χ1n) is 15.3. The zero-order valence-corrected chi connectivity index (χ0v) is 26.0. The fraction of sp³-hybridized carbons (Fsp3) is 0.270. The van der Waals surface area contributed by atoms with Gasteiger partial charge in [0.2, 0.25) is 6.29 Å². The molecule has 2 unspecified atom stereocenters. The van der Waals surface area contributed by atoms with Crippen LogP contribution in [0.1, 0.15) is 38.8 Å². The second kappa shape index (κ2) is 14.6. The van der Waals surface area contributed by atoms with Gasteiger partial charge in [-0.1, -0.05) is 72.8 Å². The highest BCUT2D eigenvalue weighted by molar-refractivity contribution is 6.21. The minimum Gasteiger partial charge on any atom is -0.497 e. The van der Waals surface area contributed by atoms with Crippen molar-refractivity contribution in [1.29, 1.82) is 0 Å². The van der Waals surface area contributed by atoms with Gasteiger partial charge in [-0.15, -0.1) is 0 Å². The number of rotatable bonds is 12. The van der Waals surface area contributed by atoms with Gasteiger partial charge in [0.25, 0.3) is 11.8 Å². The number of carbonyl (C=O) groups is 3. The molecule has 4 aromatic carbocycles. The van der Waals surface area contributed by atoms with Crippen molar-refractivity contribution in [2.24, 2.45) is 0 Å². The van der Waals surface area contributed by atoms with Gasteiger partial charge < -0.3 is 28.4 Å². The molecule has 0 N–H and O–H groups in total. The zero-order valence-electron chi connectivity index (χ0n) is 26.0. The van der Waals surface area contributed by atoms with E-state index in [1.165, 1.54) is 6.92 Å². The highest BCUT2D eigenvalue weighted by atomic mass is 16.7. The maximum Gasteiger partial charge on any atom is 0.303 e. The number of esters is 1. The van der Waals surface area contributed by atoms with Gasteiger partial charge in [-0.2, -0.15) is 0 Å². The first kappa shape index (κ1) is 31.9. The molecule has 0 saturated carbocycles. The molecule has 0 radical (unpaired) electrons. The third-order valence-electron chi connectivity index (χ3n) is 8.03. The molecule has 10 nitrogen and oxygen atoms in total. The molecular weight excluding hydrogens is 602 g/mol. The van der Waals surface area contributed by atoms with E-state index in [9.17, 15) is 14.4 Å². The lowest BCUT2D eigenvalue weighted by Gasteiger charge is -2.47. The topological polar surface area (TPSA) is 110 Å². The van der Waals surface area contributed by atoms with E-state index in [0.717, 1.165) is 16.0 Å². The van der Waals surface area contributed by atoms with Crippen molar-refractivity contribution in [2.75, 3.05) is 13.7 Å². The van der Waals surface area contributed by atoms with Gasteiger partial charge in [0.1, 0.15) is 29.7 Å². The van der Waals surface area contributed by atoms with Crippen LogP contribution in [-0.2, 0) is 37.0 Å². The first-order chi connectivity index (χ1) is 22.9. The molecule has 6 rings (SSSR count). The van der Waals surface area contributed by atoms with E-state index in [2.05, 4.69) is 0 Å². The van der Waals surface area contributed by atoms with Gasteiger partial charge in [0.15, 0.2) is 6.10 Å². The maximum absolute atomic E-state index is 13.9. The number of fused-ring (bicyclic) bond motifs is 1. The Hall–Kier alpha value is -5.03. The fourth-order valence-corrected chi connectivity index (χ4v) is 5.82. The van der Waals surface area contributed by atoms with E-state index in [0.29, 0.717) is 11.5 Å². The molecule has 2 aliphatic rings. The number of carbonyl (C=O) groups excluding carboxylic acids is 3. The molecule has 0 spiro atoms. The maximum atomic E-state index is 13.9. The Morgan fingerprint density at radius 2 is 1.28 bits per heavy atom. The lowest BCUT2D eigenvalue weighted by molar-refractivity contribution is -0.272. The number of ether oxygens (including phenoxy) is 6. The molecule has 2 aliphatic heterocycles. The summed E-state index contributed by atoms with van der Waals surface area (Å²) < 4.78 is 36.7. The molecule has 2 heterocycles. The number of methoxy groups -OCH3 is 1. The summed E-state index contributed by atoms with van der Waals surface area (Å²) in [5.74, 6) is -0.637. The standard InChI is InChI=1S/C37H35NO9/c1-24(39)45-33-31(23-43-21-25-11-5-3-6-12-25)47-37(46-28-19-17-27(42-2)18-20-28)32(34(33)44-22-26-13-7-4-8-14-26)38-35(40)29-15-9-10-16-30(29)36(38)41/h3-20,31-34,37H,21-23H2,1-2H3/t31-,32?,33?,34+,37+/m0/s1. The molecule has 0 bridgehead atoms. The summed E-state index contributed by atoms with van der Waals surface area (Å²) in [7, 11) is 1.56. The fourth-order valence-electron chi connectivity index (χ4n) is 5.82. The van der Waals surface area contributed by atoms with E-state index in [-0.39, 0.29) is 30.9 Å². The lowest BCUT2D eigenvalue weighted by atomic mass is 9.94. The molecule has 47 heavy (non-hydrogen) atoms. The van der Waals surface area contributed by atoms with Crippen LogP contribution >= 0.6 is 0 Å². The second-order valence-electron chi connectivity index (χ2n) is 11.2. The van der Waals surface area contributed by atoms with Crippen molar-refractivity contribution >= 4 is 17.8 Å². The minimum atomic E-state index is -1.23. The Labute approximate surface area is 272 Å². The van der Waals surface area contributed by atoms with Crippen molar-refractivity contribution in [1.82, 2.24) is 4.90 Å². The molecular formula is C37H35NO9. The van der Waals surface area contributed by atoms with E-state index in [4.69, 9.17) is 28.4 Å². The molecule has 5 atom stereocenters. The average Bonchev–Trinajstić information content (AvgIpc) is 3.34. The van der Waals surface area contributed by atoms with Crippen LogP contribution in [0.4, 0.5) is 0 Å². The SMILES string of the molecule is COc1ccc(O[C@@H]2O[C@@H](COCc3ccccc3)C(OC(C)=O)[C@H](OCc3ccccc3)C2N2C(=O)c3ccccc3C2=O)cc1. The van der Waals surface area contributed by atoms with E-state index >= 15 is 0 Å². The van der Waals surface area contributed by atoms with Crippen molar-refractivity contribution in [2.45, 2.75) is 50.8 Å². The monoisotopic (exact) mass is 637 g/mol. The number of hydrogen-bond donors (Lipinski definition) is 0. The van der Waals surface area contributed by atoms with Gasteiger partial charge in [0.05, 0.1) is 38.1 Å². The molecule has 0 aliphatic carbocycles. The van der Waals surface area contributed by atoms with Crippen LogP contribution in [0.5, 0.6) is 11.5 Å². The largest absolute Gasteiger partial charge is 0.497 e. The average molecular weight is 638 g/mol. The van der Waals surface area contributed by atoms with E-state index in [1.807, 2.05) is 60.7 Å². The Balaban J connectivity index is 1.39. The van der Waals surface area contributed by atoms with Gasteiger partial charge in [-0.3, -0.25) is 19.3 Å². The van der Waals surface area contributed by atoms with Crippen molar-refractivity contribution in [3.8, 4) is 11.5 Å². The first-order valence-corrected chi connectivity index (χ1v) is 15.3. The van der Waals surface area contributed by atoms with Gasteiger partial charge in [-0.05, 0) is 47.5 Å². The third-order valence-corrected chi connectivity index (χ3v) is 8.03. The second-order valence-corrected chi connectivity index (χ2v) is 11.2. The highest BCUT2D eigenvalue weighted by Crippen LogP contribution is 2.36. The normalized spacial score (nSPS) is 22.1. The number of hydrogen-bond acceptors (Lipinski definition) is 9. The third kappa shape index (κ3) is 7.20. The summed E-state index contributed by atoms with van der Waals surface area (Å²) in [5.41, 5.74) is 2.28. The van der Waals surface area contributed by atoms with E-state index in [1.54, 1.807) is 55.6 Å².